The summed E-state index contributed by atoms with van der Waals surface area (Å²) in [6.45, 7) is -0.0835. The number of aldehydes is 1. The van der Waals surface area contributed by atoms with E-state index in [9.17, 15) is 14.7 Å². The number of ether oxygens (including phenoxy) is 1. The number of fused-ring (bicyclic) bond motifs is 1. The molecule has 0 bridgehead atoms. The third-order valence-electron chi connectivity index (χ3n) is 2.82. The smallest absolute Gasteiger partial charge is 0.310 e. The van der Waals surface area contributed by atoms with E-state index in [0.29, 0.717) is 11.9 Å². The number of esters is 1. The molecule has 2 rings (SSSR count). The quantitative estimate of drug-likeness (QED) is 0.523. The largest absolute Gasteiger partial charge is 0.469 e. The molecule has 1 heterocycles. The second kappa shape index (κ2) is 6.97. The van der Waals surface area contributed by atoms with Gasteiger partial charge in [-0.25, -0.2) is 0 Å². The van der Waals surface area contributed by atoms with Crippen molar-refractivity contribution in [1.29, 1.82) is 0 Å². The first-order valence-electron chi connectivity index (χ1n) is 5.99. The first-order valence-corrected chi connectivity index (χ1v) is 7.68. The van der Waals surface area contributed by atoms with Crippen molar-refractivity contribution < 1.29 is 19.4 Å². The van der Waals surface area contributed by atoms with Crippen LogP contribution in [0.5, 0.6) is 0 Å². The molecule has 0 saturated carbocycles. The lowest BCUT2D eigenvalue weighted by atomic mass is 10.1. The maximum absolute atomic E-state index is 11.4. The molecule has 1 aliphatic heterocycles. The van der Waals surface area contributed by atoms with Gasteiger partial charge in [0, 0.05) is 20.3 Å². The van der Waals surface area contributed by atoms with Crippen molar-refractivity contribution in [2.75, 3.05) is 13.7 Å². The summed E-state index contributed by atoms with van der Waals surface area (Å²) >= 11 is 2.94. The van der Waals surface area contributed by atoms with E-state index in [0.717, 1.165) is 14.7 Å². The Kier molecular flexibility index (Phi) is 5.28. The molecule has 1 aromatic rings. The molecule has 0 radical (unpaired) electrons. The Hall–Kier alpha value is -1.24. The Labute approximate surface area is 125 Å². The second-order valence-electron chi connectivity index (χ2n) is 4.10. The zero-order valence-corrected chi connectivity index (χ0v) is 12.5. The lowest BCUT2D eigenvalue weighted by Gasteiger charge is -2.26. The summed E-state index contributed by atoms with van der Waals surface area (Å²) in [6, 6.07) is 7.79. The summed E-state index contributed by atoms with van der Waals surface area (Å²) < 4.78 is 4.60. The maximum Gasteiger partial charge on any atom is 0.310 e. The fraction of sp³-hybridized carbons (Fsp3) is 0.286. The molecule has 0 saturated heterocycles. The number of carbonyl (C=O) groups excluding carboxylic acids is 2. The highest BCUT2D eigenvalue weighted by Crippen LogP contribution is 2.48. The van der Waals surface area contributed by atoms with Crippen LogP contribution in [0.25, 0.3) is 0 Å². The Bertz CT molecular complexity index is 554. The fourth-order valence-electron chi connectivity index (χ4n) is 1.83. The van der Waals surface area contributed by atoms with Crippen LogP contribution in [0.2, 0.25) is 0 Å². The van der Waals surface area contributed by atoms with Crippen molar-refractivity contribution >= 4 is 35.8 Å². The van der Waals surface area contributed by atoms with Gasteiger partial charge in [-0.05, 0) is 12.1 Å². The zero-order valence-electron chi connectivity index (χ0n) is 10.9. The van der Waals surface area contributed by atoms with Crippen molar-refractivity contribution in [2.24, 2.45) is 0 Å². The lowest BCUT2D eigenvalue weighted by molar-refractivity contribution is -0.140. The molecule has 1 atom stereocenters. The molecule has 20 heavy (non-hydrogen) atoms. The second-order valence-corrected chi connectivity index (χ2v) is 6.43. The van der Waals surface area contributed by atoms with Gasteiger partial charge in [-0.2, -0.15) is 0 Å². The Morgan fingerprint density at radius 2 is 2.10 bits per heavy atom. The van der Waals surface area contributed by atoms with Crippen molar-refractivity contribution in [1.82, 2.24) is 0 Å². The van der Waals surface area contributed by atoms with Gasteiger partial charge in [-0.1, -0.05) is 23.9 Å². The van der Waals surface area contributed by atoms with Crippen molar-refractivity contribution in [3.63, 3.8) is 0 Å². The normalized spacial score (nSPS) is 20.0. The number of benzene rings is 1. The minimum absolute atomic E-state index is 0.0679. The highest BCUT2D eigenvalue weighted by molar-refractivity contribution is 8.08. The van der Waals surface area contributed by atoms with Crippen molar-refractivity contribution in [3.8, 4) is 0 Å². The summed E-state index contributed by atoms with van der Waals surface area (Å²) in [4.78, 5) is 25.5. The van der Waals surface area contributed by atoms with Gasteiger partial charge in [0.25, 0.3) is 0 Å². The highest BCUT2D eigenvalue weighted by atomic mass is 32.2. The average Bonchev–Trinajstić information content (AvgIpc) is 2.50. The Balaban J connectivity index is 2.38. The number of hydrogen-bond donors (Lipinski definition) is 1. The summed E-state index contributed by atoms with van der Waals surface area (Å²) in [6.07, 6.45) is 0.609. The summed E-state index contributed by atoms with van der Waals surface area (Å²) in [5.74, 6) is -0.458. The summed E-state index contributed by atoms with van der Waals surface area (Å²) in [5.41, 5.74) is 0.378. The fourth-order valence-corrected chi connectivity index (χ4v) is 4.38. The zero-order chi connectivity index (χ0) is 14.5. The van der Waals surface area contributed by atoms with E-state index in [1.54, 1.807) is 0 Å². The number of aliphatic hydroxyl groups excluding tert-OH is 1. The predicted octanol–water partition coefficient (Wildman–Crippen LogP) is 2.26. The maximum atomic E-state index is 11.4. The standard InChI is InChI=1S/C14H14O4S2/c1-18-13(17)6-9(7-15)14-12(8-16)19-10-4-2-3-5-11(10)20-14/h2-5,7,12,16H,6,8H2,1H3/b14-9-. The van der Waals surface area contributed by atoms with E-state index in [4.69, 9.17) is 0 Å². The van der Waals surface area contributed by atoms with Crippen molar-refractivity contribution in [2.45, 2.75) is 21.5 Å². The number of hydrogen-bond acceptors (Lipinski definition) is 6. The first kappa shape index (κ1) is 15.2. The molecule has 6 heteroatoms. The van der Waals surface area contributed by atoms with Gasteiger partial charge in [-0.3, -0.25) is 9.59 Å². The van der Waals surface area contributed by atoms with E-state index in [1.807, 2.05) is 24.3 Å². The minimum atomic E-state index is -0.458. The molecular formula is C14H14O4S2. The van der Waals surface area contributed by atoms with E-state index in [2.05, 4.69) is 4.74 Å². The van der Waals surface area contributed by atoms with E-state index >= 15 is 0 Å². The van der Waals surface area contributed by atoms with E-state index in [-0.39, 0.29) is 18.3 Å². The van der Waals surface area contributed by atoms with Gasteiger partial charge in [0.05, 0.1) is 25.4 Å². The van der Waals surface area contributed by atoms with Gasteiger partial charge in [0.1, 0.15) is 6.29 Å². The van der Waals surface area contributed by atoms with Gasteiger partial charge < -0.3 is 9.84 Å². The molecule has 0 amide bonds. The van der Waals surface area contributed by atoms with Crippen LogP contribution >= 0.6 is 23.5 Å². The lowest BCUT2D eigenvalue weighted by Crippen LogP contribution is -2.17. The minimum Gasteiger partial charge on any atom is -0.469 e. The summed E-state index contributed by atoms with van der Waals surface area (Å²) in [7, 11) is 1.29. The average molecular weight is 310 g/mol. The molecule has 1 N–H and O–H groups in total. The van der Waals surface area contributed by atoms with Gasteiger partial charge in [0.15, 0.2) is 0 Å². The van der Waals surface area contributed by atoms with E-state index in [1.165, 1.54) is 30.6 Å². The van der Waals surface area contributed by atoms with Crippen LogP contribution in [-0.4, -0.2) is 36.3 Å². The van der Waals surface area contributed by atoms with Crippen LogP contribution in [0, 0.1) is 0 Å². The third kappa shape index (κ3) is 3.26. The Morgan fingerprint density at radius 3 is 2.70 bits per heavy atom. The molecule has 0 aliphatic carbocycles. The highest BCUT2D eigenvalue weighted by Gasteiger charge is 2.27. The van der Waals surface area contributed by atoms with Crippen LogP contribution in [0.3, 0.4) is 0 Å². The number of rotatable bonds is 4. The van der Waals surface area contributed by atoms with Crippen LogP contribution in [-0.2, 0) is 14.3 Å². The SMILES string of the molecule is COC(=O)C/C(C=O)=C1/Sc2ccccc2SC1CO. The molecule has 0 aromatic heterocycles. The molecule has 1 aliphatic rings. The van der Waals surface area contributed by atoms with Gasteiger partial charge in [-0.15, -0.1) is 11.8 Å². The third-order valence-corrected chi connectivity index (χ3v) is 5.72. The molecule has 1 aromatic carbocycles. The first-order chi connectivity index (χ1) is 9.69. The van der Waals surface area contributed by atoms with Crippen LogP contribution in [0.1, 0.15) is 6.42 Å². The number of thioether (sulfide) groups is 2. The van der Waals surface area contributed by atoms with Crippen LogP contribution in [0.15, 0.2) is 44.5 Å². The molecule has 0 spiro atoms. The molecule has 1 unspecified atom stereocenters. The summed E-state index contributed by atoms with van der Waals surface area (Å²) in [5, 5.41) is 9.30. The molecule has 0 fully saturated rings. The van der Waals surface area contributed by atoms with Crippen LogP contribution < -0.4 is 0 Å². The number of aliphatic hydroxyl groups is 1. The molecule has 4 nitrogen and oxygen atoms in total. The topological polar surface area (TPSA) is 63.6 Å². The van der Waals surface area contributed by atoms with Gasteiger partial charge >= 0.3 is 5.97 Å². The van der Waals surface area contributed by atoms with Gasteiger partial charge in [0.2, 0.25) is 0 Å². The van der Waals surface area contributed by atoms with Crippen LogP contribution in [0.4, 0.5) is 0 Å². The number of carbonyl (C=O) groups is 2. The van der Waals surface area contributed by atoms with E-state index < -0.39 is 5.97 Å². The predicted molar refractivity (Wildman–Crippen MR) is 78.8 cm³/mol. The monoisotopic (exact) mass is 310 g/mol. The number of methoxy groups -OCH3 is 1. The molecular weight excluding hydrogens is 296 g/mol. The van der Waals surface area contributed by atoms with Crippen molar-refractivity contribution in [3.05, 3.63) is 34.7 Å². The molecule has 106 valence electrons. The Morgan fingerprint density at radius 1 is 1.40 bits per heavy atom.